The standard InChI is InChI=1S/C28H28N4O4/c1-18(26(33)29-17-19-13-15-21(36-3)16-14-19)27(34)31-25-28(35)32(2)23-12-8-7-11-22(23)24(30-25)20-9-5-4-6-10-20/h4-16,18,25H,17H2,1-3H3,(H,29,33)(H,31,34). The molecule has 1 aliphatic rings. The van der Waals surface area contributed by atoms with Gasteiger partial charge in [-0.3, -0.25) is 14.4 Å². The largest absolute Gasteiger partial charge is 0.497 e. The molecular weight excluding hydrogens is 456 g/mol. The van der Waals surface area contributed by atoms with Crippen LogP contribution in [0.4, 0.5) is 5.69 Å². The highest BCUT2D eigenvalue weighted by Crippen LogP contribution is 2.27. The van der Waals surface area contributed by atoms with Crippen LogP contribution in [-0.4, -0.2) is 43.8 Å². The van der Waals surface area contributed by atoms with Crippen LogP contribution in [0.3, 0.4) is 0 Å². The molecule has 4 rings (SSSR count). The van der Waals surface area contributed by atoms with E-state index in [0.717, 1.165) is 16.7 Å². The van der Waals surface area contributed by atoms with Gasteiger partial charge in [0.2, 0.25) is 18.0 Å². The molecule has 8 nitrogen and oxygen atoms in total. The van der Waals surface area contributed by atoms with Crippen LogP contribution in [0.5, 0.6) is 5.75 Å². The van der Waals surface area contributed by atoms with Gasteiger partial charge in [-0.25, -0.2) is 4.99 Å². The van der Waals surface area contributed by atoms with Crippen LogP contribution in [-0.2, 0) is 20.9 Å². The van der Waals surface area contributed by atoms with Crippen molar-refractivity contribution in [2.24, 2.45) is 10.9 Å². The van der Waals surface area contributed by atoms with Gasteiger partial charge in [0, 0.05) is 24.7 Å². The molecule has 36 heavy (non-hydrogen) atoms. The molecule has 1 heterocycles. The zero-order valence-electron chi connectivity index (χ0n) is 20.4. The minimum Gasteiger partial charge on any atom is -0.497 e. The van der Waals surface area contributed by atoms with Gasteiger partial charge >= 0.3 is 0 Å². The van der Waals surface area contributed by atoms with Crippen molar-refractivity contribution in [2.45, 2.75) is 19.6 Å². The summed E-state index contributed by atoms with van der Waals surface area (Å²) in [7, 11) is 3.23. The van der Waals surface area contributed by atoms with E-state index in [1.54, 1.807) is 26.3 Å². The van der Waals surface area contributed by atoms with Gasteiger partial charge < -0.3 is 20.3 Å². The first-order valence-corrected chi connectivity index (χ1v) is 11.6. The number of aliphatic imine (C=N–C) groups is 1. The van der Waals surface area contributed by atoms with Crippen molar-refractivity contribution >= 4 is 29.1 Å². The van der Waals surface area contributed by atoms with Gasteiger partial charge in [0.15, 0.2) is 0 Å². The lowest BCUT2D eigenvalue weighted by Gasteiger charge is -2.21. The minimum absolute atomic E-state index is 0.261. The lowest BCUT2D eigenvalue weighted by Crippen LogP contribution is -2.49. The van der Waals surface area contributed by atoms with E-state index in [2.05, 4.69) is 15.6 Å². The third kappa shape index (κ3) is 5.27. The fourth-order valence-corrected chi connectivity index (χ4v) is 3.91. The molecule has 8 heteroatoms. The Bertz CT molecular complexity index is 1290. The van der Waals surface area contributed by atoms with Crippen molar-refractivity contribution in [3.63, 3.8) is 0 Å². The first kappa shape index (κ1) is 24.7. The minimum atomic E-state index is -1.18. The number of carbonyl (C=O) groups is 3. The molecule has 2 atom stereocenters. The molecular formula is C28H28N4O4. The zero-order valence-corrected chi connectivity index (χ0v) is 20.4. The van der Waals surface area contributed by atoms with Crippen LogP contribution >= 0.6 is 0 Å². The second-order valence-electron chi connectivity index (χ2n) is 8.46. The number of benzodiazepines with no additional fused rings is 1. The first-order chi connectivity index (χ1) is 17.4. The van der Waals surface area contributed by atoms with Crippen LogP contribution < -0.4 is 20.3 Å². The summed E-state index contributed by atoms with van der Waals surface area (Å²) in [5.41, 5.74) is 3.74. The summed E-state index contributed by atoms with van der Waals surface area (Å²) in [6.45, 7) is 1.76. The summed E-state index contributed by atoms with van der Waals surface area (Å²) in [6, 6.07) is 24.2. The third-order valence-corrected chi connectivity index (χ3v) is 6.08. The van der Waals surface area contributed by atoms with Crippen LogP contribution in [0.15, 0.2) is 83.9 Å². The highest BCUT2D eigenvalue weighted by atomic mass is 16.5. The van der Waals surface area contributed by atoms with Crippen LogP contribution in [0.25, 0.3) is 0 Å². The first-order valence-electron chi connectivity index (χ1n) is 11.6. The molecule has 1 aliphatic heterocycles. The molecule has 0 saturated heterocycles. The van der Waals surface area contributed by atoms with E-state index < -0.39 is 29.8 Å². The molecule has 3 aromatic carbocycles. The number of fused-ring (bicyclic) bond motifs is 1. The number of benzene rings is 3. The Kier molecular flexibility index (Phi) is 7.44. The van der Waals surface area contributed by atoms with E-state index in [-0.39, 0.29) is 6.54 Å². The number of para-hydroxylation sites is 1. The maximum Gasteiger partial charge on any atom is 0.272 e. The summed E-state index contributed by atoms with van der Waals surface area (Å²) in [6.07, 6.45) is -1.18. The summed E-state index contributed by atoms with van der Waals surface area (Å²) in [5, 5.41) is 5.44. The maximum atomic E-state index is 13.3. The smallest absolute Gasteiger partial charge is 0.272 e. The summed E-state index contributed by atoms with van der Waals surface area (Å²) >= 11 is 0. The molecule has 0 spiro atoms. The molecule has 3 amide bonds. The van der Waals surface area contributed by atoms with Crippen molar-refractivity contribution in [1.82, 2.24) is 10.6 Å². The van der Waals surface area contributed by atoms with Crippen molar-refractivity contribution in [3.8, 4) is 5.75 Å². The van der Waals surface area contributed by atoms with Crippen LogP contribution in [0.2, 0.25) is 0 Å². The molecule has 0 fully saturated rings. The van der Waals surface area contributed by atoms with Crippen molar-refractivity contribution in [3.05, 3.63) is 95.6 Å². The molecule has 2 N–H and O–H groups in total. The van der Waals surface area contributed by atoms with Gasteiger partial charge in [-0.1, -0.05) is 60.7 Å². The molecule has 3 aromatic rings. The number of amides is 3. The number of hydrogen-bond acceptors (Lipinski definition) is 5. The van der Waals surface area contributed by atoms with E-state index >= 15 is 0 Å². The van der Waals surface area contributed by atoms with E-state index in [0.29, 0.717) is 17.1 Å². The predicted molar refractivity (Wildman–Crippen MR) is 138 cm³/mol. The summed E-state index contributed by atoms with van der Waals surface area (Å²) in [5.74, 6) is -1.74. The summed E-state index contributed by atoms with van der Waals surface area (Å²) in [4.78, 5) is 45.1. The Morgan fingerprint density at radius 2 is 1.64 bits per heavy atom. The SMILES string of the molecule is COc1ccc(CNC(=O)C(C)C(=O)NC2N=C(c3ccccc3)c3ccccc3N(C)C2=O)cc1. The van der Waals surface area contributed by atoms with Crippen LogP contribution in [0.1, 0.15) is 23.6 Å². The Morgan fingerprint density at radius 3 is 2.33 bits per heavy atom. The molecule has 0 saturated carbocycles. The molecule has 0 bridgehead atoms. The van der Waals surface area contributed by atoms with E-state index in [1.165, 1.54) is 11.8 Å². The van der Waals surface area contributed by atoms with Gasteiger partial charge in [0.25, 0.3) is 5.91 Å². The average molecular weight is 485 g/mol. The second-order valence-corrected chi connectivity index (χ2v) is 8.46. The van der Waals surface area contributed by atoms with Gasteiger partial charge in [-0.2, -0.15) is 0 Å². The number of nitrogens with zero attached hydrogens (tertiary/aromatic N) is 2. The Morgan fingerprint density at radius 1 is 0.972 bits per heavy atom. The topological polar surface area (TPSA) is 100 Å². The average Bonchev–Trinajstić information content (AvgIpc) is 3.02. The van der Waals surface area contributed by atoms with Gasteiger partial charge in [-0.15, -0.1) is 0 Å². The number of rotatable bonds is 7. The highest BCUT2D eigenvalue weighted by molar-refractivity contribution is 6.20. The van der Waals surface area contributed by atoms with E-state index in [9.17, 15) is 14.4 Å². The maximum absolute atomic E-state index is 13.3. The Labute approximate surface area is 210 Å². The molecule has 0 aromatic heterocycles. The van der Waals surface area contributed by atoms with E-state index in [4.69, 9.17) is 4.74 Å². The fourth-order valence-electron chi connectivity index (χ4n) is 3.91. The van der Waals surface area contributed by atoms with Crippen molar-refractivity contribution < 1.29 is 19.1 Å². The molecule has 0 aliphatic carbocycles. The number of likely N-dealkylation sites (N-methyl/N-ethyl adjacent to an activating group) is 1. The third-order valence-electron chi connectivity index (χ3n) is 6.08. The number of anilines is 1. The Hall–Kier alpha value is -4.46. The van der Waals surface area contributed by atoms with Crippen molar-refractivity contribution in [2.75, 3.05) is 19.1 Å². The van der Waals surface area contributed by atoms with Crippen molar-refractivity contribution in [1.29, 1.82) is 0 Å². The highest BCUT2D eigenvalue weighted by Gasteiger charge is 2.33. The Balaban J connectivity index is 1.51. The normalized spacial score (nSPS) is 15.8. The number of methoxy groups -OCH3 is 1. The zero-order chi connectivity index (χ0) is 25.7. The van der Waals surface area contributed by atoms with E-state index in [1.807, 2.05) is 66.7 Å². The van der Waals surface area contributed by atoms with Crippen LogP contribution in [0, 0.1) is 5.92 Å². The van der Waals surface area contributed by atoms with Gasteiger partial charge in [0.05, 0.1) is 18.5 Å². The second kappa shape index (κ2) is 10.9. The van der Waals surface area contributed by atoms with Gasteiger partial charge in [-0.05, 0) is 30.7 Å². The quantitative estimate of drug-likeness (QED) is 0.504. The monoisotopic (exact) mass is 484 g/mol. The number of hydrogen-bond donors (Lipinski definition) is 2. The molecule has 184 valence electrons. The number of carbonyl (C=O) groups excluding carboxylic acids is 3. The fraction of sp³-hybridized carbons (Fsp3) is 0.214. The van der Waals surface area contributed by atoms with Gasteiger partial charge in [0.1, 0.15) is 11.7 Å². The number of ether oxygens (including phenoxy) is 1. The summed E-state index contributed by atoms with van der Waals surface area (Å²) < 4.78 is 5.14. The lowest BCUT2D eigenvalue weighted by molar-refractivity contribution is -0.136. The lowest BCUT2D eigenvalue weighted by atomic mass is 10.0. The molecule has 2 unspecified atom stereocenters. The molecule has 0 radical (unpaired) electrons. The number of nitrogens with one attached hydrogen (secondary N) is 2. The predicted octanol–water partition coefficient (Wildman–Crippen LogP) is 2.90.